The molecule has 0 N–H and O–H groups in total. The van der Waals surface area contributed by atoms with E-state index < -0.39 is 0 Å². The van der Waals surface area contributed by atoms with E-state index in [1.807, 2.05) is 37.7 Å². The minimum atomic E-state index is -0.338. The van der Waals surface area contributed by atoms with Crippen LogP contribution < -0.4 is 5.56 Å². The van der Waals surface area contributed by atoms with Crippen molar-refractivity contribution in [3.05, 3.63) is 94.3 Å². The molecule has 1 aliphatic carbocycles. The molecule has 2 atom stereocenters. The van der Waals surface area contributed by atoms with Gasteiger partial charge in [-0.2, -0.15) is 0 Å². The lowest BCUT2D eigenvalue weighted by Gasteiger charge is -2.24. The van der Waals surface area contributed by atoms with E-state index in [0.29, 0.717) is 16.5 Å². The summed E-state index contributed by atoms with van der Waals surface area (Å²) in [6.45, 7) is 0.138. The highest BCUT2D eigenvalue weighted by Crippen LogP contribution is 2.28. The Labute approximate surface area is 167 Å². The van der Waals surface area contributed by atoms with Crippen molar-refractivity contribution in [3.63, 3.8) is 0 Å². The molecule has 0 amide bonds. The molecular formula is C23H19FN4O. The molecule has 5 rings (SSSR count). The summed E-state index contributed by atoms with van der Waals surface area (Å²) in [5.74, 6) is -0.338. The quantitative estimate of drug-likeness (QED) is 0.694. The van der Waals surface area contributed by atoms with E-state index in [0.717, 1.165) is 11.1 Å². The lowest BCUT2D eigenvalue weighted by molar-refractivity contribution is 0.446. The van der Waals surface area contributed by atoms with Gasteiger partial charge in [0, 0.05) is 12.6 Å². The second-order valence-corrected chi connectivity index (χ2v) is 7.39. The van der Waals surface area contributed by atoms with Crippen LogP contribution in [0.5, 0.6) is 0 Å². The van der Waals surface area contributed by atoms with Gasteiger partial charge in [-0.3, -0.25) is 14.4 Å². The normalized spacial score (nSPS) is 20.2. The molecule has 3 aromatic rings. The van der Waals surface area contributed by atoms with E-state index in [9.17, 15) is 9.18 Å². The summed E-state index contributed by atoms with van der Waals surface area (Å²) in [5, 5.41) is 0.530. The first kappa shape index (κ1) is 17.6. The number of benzene rings is 2. The standard InChI is InChI=1S/C23H19FN4O/c1-27-13-25-21-9-8-16(11-22(21)27)15-6-7-17(19(24)10-15)12-28-14-26-20-5-3-2-4-18(20)23(28)29/h2-11,13-14,21-22H,12H2,1H3. The number of aliphatic imine (C=N–C) groups is 1. The van der Waals surface area contributed by atoms with Crippen LogP contribution in [0.25, 0.3) is 16.5 Å². The summed E-state index contributed by atoms with van der Waals surface area (Å²) in [5.41, 5.74) is 2.70. The Bertz CT molecular complexity index is 1260. The lowest BCUT2D eigenvalue weighted by atomic mass is 9.93. The maximum atomic E-state index is 14.9. The van der Waals surface area contributed by atoms with Gasteiger partial charge in [0.2, 0.25) is 0 Å². The van der Waals surface area contributed by atoms with Gasteiger partial charge in [0.15, 0.2) is 0 Å². The molecule has 0 saturated heterocycles. The Morgan fingerprint density at radius 1 is 1.17 bits per heavy atom. The third-order valence-corrected chi connectivity index (χ3v) is 5.52. The highest BCUT2D eigenvalue weighted by molar-refractivity contribution is 5.78. The lowest BCUT2D eigenvalue weighted by Crippen LogP contribution is -2.32. The number of aromatic nitrogens is 2. The molecule has 0 saturated carbocycles. The molecule has 29 heavy (non-hydrogen) atoms. The number of halogens is 1. The van der Waals surface area contributed by atoms with Gasteiger partial charge < -0.3 is 4.90 Å². The van der Waals surface area contributed by atoms with Gasteiger partial charge in [-0.25, -0.2) is 9.37 Å². The summed E-state index contributed by atoms with van der Waals surface area (Å²) in [7, 11) is 1.99. The highest BCUT2D eigenvalue weighted by Gasteiger charge is 2.27. The number of fused-ring (bicyclic) bond motifs is 2. The van der Waals surface area contributed by atoms with E-state index >= 15 is 0 Å². The van der Waals surface area contributed by atoms with Crippen LogP contribution in [-0.2, 0) is 6.54 Å². The molecule has 2 heterocycles. The van der Waals surface area contributed by atoms with Gasteiger partial charge in [0.1, 0.15) is 5.82 Å². The summed E-state index contributed by atoms with van der Waals surface area (Å²) in [4.78, 5) is 23.4. The monoisotopic (exact) mass is 386 g/mol. The first-order chi connectivity index (χ1) is 14.1. The fourth-order valence-corrected chi connectivity index (χ4v) is 3.86. The van der Waals surface area contributed by atoms with E-state index in [2.05, 4.69) is 21.0 Å². The van der Waals surface area contributed by atoms with Crippen molar-refractivity contribution >= 4 is 22.8 Å². The van der Waals surface area contributed by atoms with Crippen LogP contribution in [0, 0.1) is 5.82 Å². The molecule has 1 aliphatic heterocycles. The van der Waals surface area contributed by atoms with Crippen LogP contribution in [0.3, 0.4) is 0 Å². The van der Waals surface area contributed by atoms with Gasteiger partial charge in [-0.1, -0.05) is 42.5 Å². The summed E-state index contributed by atoms with van der Waals surface area (Å²) in [6, 6.07) is 12.6. The predicted molar refractivity (Wildman–Crippen MR) is 112 cm³/mol. The summed E-state index contributed by atoms with van der Waals surface area (Å²) >= 11 is 0. The molecule has 0 bridgehead atoms. The first-order valence-corrected chi connectivity index (χ1v) is 9.48. The Kier molecular flexibility index (Phi) is 4.12. The first-order valence-electron chi connectivity index (χ1n) is 9.48. The molecule has 2 aromatic carbocycles. The number of hydrogen-bond acceptors (Lipinski definition) is 4. The van der Waals surface area contributed by atoms with Gasteiger partial charge in [-0.15, -0.1) is 0 Å². The van der Waals surface area contributed by atoms with Crippen molar-refractivity contribution in [2.45, 2.75) is 18.6 Å². The number of nitrogens with zero attached hydrogens (tertiary/aromatic N) is 4. The number of para-hydroxylation sites is 1. The van der Waals surface area contributed by atoms with Gasteiger partial charge in [-0.05, 0) is 29.3 Å². The van der Waals surface area contributed by atoms with Crippen molar-refractivity contribution in [1.82, 2.24) is 14.5 Å². The summed E-state index contributed by atoms with van der Waals surface area (Å²) < 4.78 is 16.3. The van der Waals surface area contributed by atoms with Crippen LogP contribution in [0.4, 0.5) is 4.39 Å². The Balaban J connectivity index is 1.44. The average molecular weight is 386 g/mol. The van der Waals surface area contributed by atoms with Gasteiger partial charge >= 0.3 is 0 Å². The Morgan fingerprint density at radius 3 is 2.90 bits per heavy atom. The Morgan fingerprint density at radius 2 is 2.03 bits per heavy atom. The second-order valence-electron chi connectivity index (χ2n) is 7.39. The molecule has 144 valence electrons. The zero-order valence-corrected chi connectivity index (χ0v) is 15.9. The third-order valence-electron chi connectivity index (χ3n) is 5.52. The van der Waals surface area contributed by atoms with Crippen LogP contribution in [0.1, 0.15) is 11.1 Å². The minimum absolute atomic E-state index is 0.125. The van der Waals surface area contributed by atoms with Gasteiger partial charge in [0.25, 0.3) is 5.56 Å². The molecular weight excluding hydrogens is 367 g/mol. The van der Waals surface area contributed by atoms with Crippen LogP contribution >= 0.6 is 0 Å². The molecule has 0 spiro atoms. The van der Waals surface area contributed by atoms with E-state index in [1.165, 1.54) is 17.0 Å². The van der Waals surface area contributed by atoms with Crippen molar-refractivity contribution in [2.75, 3.05) is 7.05 Å². The molecule has 0 radical (unpaired) electrons. The topological polar surface area (TPSA) is 50.5 Å². The van der Waals surface area contributed by atoms with Crippen LogP contribution in [0.2, 0.25) is 0 Å². The summed E-state index contributed by atoms with van der Waals surface area (Å²) in [6.07, 6.45) is 9.46. The van der Waals surface area contributed by atoms with Crippen molar-refractivity contribution in [1.29, 1.82) is 0 Å². The molecule has 5 nitrogen and oxygen atoms in total. The minimum Gasteiger partial charge on any atom is -0.357 e. The van der Waals surface area contributed by atoms with Crippen molar-refractivity contribution in [3.8, 4) is 0 Å². The Hall–Kier alpha value is -3.54. The van der Waals surface area contributed by atoms with Crippen molar-refractivity contribution in [2.24, 2.45) is 4.99 Å². The highest BCUT2D eigenvalue weighted by atomic mass is 19.1. The number of hydrogen-bond donors (Lipinski definition) is 0. The van der Waals surface area contributed by atoms with Crippen LogP contribution in [-0.4, -0.2) is 39.9 Å². The van der Waals surface area contributed by atoms with E-state index in [4.69, 9.17) is 0 Å². The second kappa shape index (κ2) is 6.81. The fraction of sp³-hybridized carbons (Fsp3) is 0.174. The smallest absolute Gasteiger partial charge is 0.261 e. The third kappa shape index (κ3) is 3.06. The predicted octanol–water partition coefficient (Wildman–Crippen LogP) is 3.25. The SMILES string of the molecule is CN1C=NC2C=CC(c3ccc(Cn4cnc5ccccc5c4=O)c(F)c3)=CC21. The number of rotatable bonds is 3. The zero-order valence-electron chi connectivity index (χ0n) is 15.9. The number of allylic oxidation sites excluding steroid dienone is 2. The molecule has 6 heteroatoms. The zero-order chi connectivity index (χ0) is 20.0. The largest absolute Gasteiger partial charge is 0.357 e. The fourth-order valence-electron chi connectivity index (χ4n) is 3.86. The molecule has 2 aliphatic rings. The van der Waals surface area contributed by atoms with Crippen molar-refractivity contribution < 1.29 is 4.39 Å². The van der Waals surface area contributed by atoms with E-state index in [-0.39, 0.29) is 30.0 Å². The molecule has 2 unspecified atom stereocenters. The van der Waals surface area contributed by atoms with Crippen LogP contribution in [0.15, 0.2) is 76.8 Å². The maximum absolute atomic E-state index is 14.9. The van der Waals surface area contributed by atoms with Gasteiger partial charge in [0.05, 0.1) is 42.2 Å². The number of likely N-dealkylation sites (N-methyl/N-ethyl adjacent to an activating group) is 1. The molecule has 1 aromatic heterocycles. The van der Waals surface area contributed by atoms with E-state index in [1.54, 1.807) is 24.3 Å². The molecule has 0 fully saturated rings. The maximum Gasteiger partial charge on any atom is 0.261 e. The average Bonchev–Trinajstić information content (AvgIpc) is 3.12.